The lowest BCUT2D eigenvalue weighted by Gasteiger charge is -2.22. The zero-order chi connectivity index (χ0) is 17.6. The Morgan fingerprint density at radius 1 is 0.750 bits per heavy atom. The van der Waals surface area contributed by atoms with E-state index in [-0.39, 0.29) is 13.5 Å². The molecule has 0 aromatic carbocycles. The maximum atomic E-state index is 10.7. The molecule has 0 amide bonds. The summed E-state index contributed by atoms with van der Waals surface area (Å²) in [7, 11) is -5.13. The third-order valence-corrected chi connectivity index (χ3v) is 4.24. The third-order valence-electron chi connectivity index (χ3n) is 3.57. The minimum atomic E-state index is -2.57. The SMILES string of the molecule is O=[P+](O)OCN1CCCNCCN(CO[P+](=O)O)CCCNCC1. The molecule has 1 aliphatic rings. The van der Waals surface area contributed by atoms with E-state index in [9.17, 15) is 9.13 Å². The summed E-state index contributed by atoms with van der Waals surface area (Å²) in [6.45, 7) is 6.48. The second kappa shape index (κ2) is 14.1. The summed E-state index contributed by atoms with van der Waals surface area (Å²) in [6, 6.07) is 0. The highest BCUT2D eigenvalue weighted by Crippen LogP contribution is 2.15. The summed E-state index contributed by atoms with van der Waals surface area (Å²) in [5.74, 6) is 0. The number of nitrogens with zero attached hydrogens (tertiary/aromatic N) is 2. The Morgan fingerprint density at radius 3 is 1.54 bits per heavy atom. The molecule has 0 aromatic rings. The molecular formula is C12H28N4O6P2+2. The summed E-state index contributed by atoms with van der Waals surface area (Å²) in [5.41, 5.74) is 0. The molecule has 2 unspecified atom stereocenters. The normalized spacial score (nSPS) is 21.9. The zero-order valence-corrected chi connectivity index (χ0v) is 15.6. The monoisotopic (exact) mass is 386 g/mol. The van der Waals surface area contributed by atoms with E-state index < -0.39 is 16.5 Å². The molecular weight excluding hydrogens is 358 g/mol. The Bertz CT molecular complexity index is 329. The first-order valence-electron chi connectivity index (χ1n) is 8.02. The Balaban J connectivity index is 2.35. The van der Waals surface area contributed by atoms with E-state index in [4.69, 9.17) is 18.8 Å². The van der Waals surface area contributed by atoms with Crippen LogP contribution in [0.15, 0.2) is 0 Å². The van der Waals surface area contributed by atoms with Crippen LogP contribution in [0, 0.1) is 0 Å². The van der Waals surface area contributed by atoms with Gasteiger partial charge in [0.15, 0.2) is 13.5 Å². The van der Waals surface area contributed by atoms with Crippen molar-refractivity contribution in [1.82, 2.24) is 20.4 Å². The summed E-state index contributed by atoms with van der Waals surface area (Å²) >= 11 is 0. The molecule has 12 heteroatoms. The predicted octanol–water partition coefficient (Wildman–Crippen LogP) is -0.189. The Hall–Kier alpha value is -0.120. The zero-order valence-electron chi connectivity index (χ0n) is 13.8. The van der Waals surface area contributed by atoms with Crippen LogP contribution in [-0.2, 0) is 18.2 Å². The standard InChI is InChI=1S/C12H26N4O6P2/c17-23(18)21-11-15-7-1-3-13-5-10-16(12-22-24(19)20)8-2-4-14-6-9-15/h13-14H,1-12H2/p+2. The van der Waals surface area contributed by atoms with Crippen LogP contribution in [0.25, 0.3) is 0 Å². The second-order valence-electron chi connectivity index (χ2n) is 5.44. The van der Waals surface area contributed by atoms with Gasteiger partial charge in [-0.25, -0.2) is 0 Å². The Kier molecular flexibility index (Phi) is 12.9. The first-order chi connectivity index (χ1) is 11.6. The van der Waals surface area contributed by atoms with Gasteiger partial charge < -0.3 is 10.6 Å². The van der Waals surface area contributed by atoms with Crippen molar-refractivity contribution in [1.29, 1.82) is 0 Å². The van der Waals surface area contributed by atoms with Gasteiger partial charge in [-0.15, -0.1) is 18.8 Å². The summed E-state index contributed by atoms with van der Waals surface area (Å²) in [6.07, 6.45) is 1.79. The van der Waals surface area contributed by atoms with Crippen LogP contribution in [0.1, 0.15) is 12.8 Å². The Labute approximate surface area is 144 Å². The number of rotatable bonds is 6. The van der Waals surface area contributed by atoms with Gasteiger partial charge in [0.25, 0.3) is 0 Å². The van der Waals surface area contributed by atoms with Crippen LogP contribution in [0.5, 0.6) is 0 Å². The van der Waals surface area contributed by atoms with E-state index in [1.54, 1.807) is 0 Å². The molecule has 4 N–H and O–H groups in total. The molecule has 1 rings (SSSR count). The lowest BCUT2D eigenvalue weighted by molar-refractivity contribution is 0.113. The fourth-order valence-corrected chi connectivity index (χ4v) is 2.85. The highest BCUT2D eigenvalue weighted by atomic mass is 31.1. The molecule has 2 atom stereocenters. The minimum Gasteiger partial charge on any atom is -0.315 e. The van der Waals surface area contributed by atoms with Crippen molar-refractivity contribution in [2.45, 2.75) is 12.8 Å². The largest absolute Gasteiger partial charge is 0.696 e. The highest BCUT2D eigenvalue weighted by molar-refractivity contribution is 7.32. The number of hydrogen-bond donors (Lipinski definition) is 4. The van der Waals surface area contributed by atoms with Gasteiger partial charge in [-0.2, -0.15) is 0 Å². The highest BCUT2D eigenvalue weighted by Gasteiger charge is 2.17. The fraction of sp³-hybridized carbons (Fsp3) is 1.00. The van der Waals surface area contributed by atoms with E-state index in [0.29, 0.717) is 0 Å². The molecule has 140 valence electrons. The molecule has 1 heterocycles. The van der Waals surface area contributed by atoms with Crippen LogP contribution in [-0.4, -0.2) is 85.4 Å². The molecule has 0 bridgehead atoms. The molecule has 0 radical (unpaired) electrons. The van der Waals surface area contributed by atoms with Gasteiger partial charge in [0, 0.05) is 48.4 Å². The van der Waals surface area contributed by atoms with Crippen molar-refractivity contribution in [3.8, 4) is 0 Å². The van der Waals surface area contributed by atoms with Crippen molar-refractivity contribution in [3.05, 3.63) is 0 Å². The van der Waals surface area contributed by atoms with Crippen molar-refractivity contribution in [2.75, 3.05) is 65.8 Å². The minimum absolute atomic E-state index is 0.151. The topological polar surface area (TPSA) is 124 Å². The molecule has 1 aliphatic heterocycles. The molecule has 0 spiro atoms. The summed E-state index contributed by atoms with van der Waals surface area (Å²) in [4.78, 5) is 21.5. The van der Waals surface area contributed by atoms with Crippen molar-refractivity contribution in [2.24, 2.45) is 0 Å². The molecule has 0 saturated carbocycles. The predicted molar refractivity (Wildman–Crippen MR) is 89.7 cm³/mol. The van der Waals surface area contributed by atoms with E-state index >= 15 is 0 Å². The van der Waals surface area contributed by atoms with Crippen LogP contribution in [0.2, 0.25) is 0 Å². The van der Waals surface area contributed by atoms with Crippen LogP contribution < -0.4 is 10.6 Å². The Morgan fingerprint density at radius 2 is 1.17 bits per heavy atom. The lowest BCUT2D eigenvalue weighted by atomic mass is 10.3. The van der Waals surface area contributed by atoms with Gasteiger partial charge in [0.2, 0.25) is 0 Å². The van der Waals surface area contributed by atoms with Gasteiger partial charge in [-0.05, 0) is 25.9 Å². The van der Waals surface area contributed by atoms with Crippen molar-refractivity contribution >= 4 is 16.5 Å². The molecule has 10 nitrogen and oxygen atoms in total. The maximum absolute atomic E-state index is 10.7. The van der Waals surface area contributed by atoms with E-state index in [0.717, 1.165) is 65.2 Å². The van der Waals surface area contributed by atoms with Gasteiger partial charge in [0.05, 0.1) is 0 Å². The molecule has 0 aromatic heterocycles. The first kappa shape index (κ1) is 21.9. The quantitative estimate of drug-likeness (QED) is 0.457. The lowest BCUT2D eigenvalue weighted by Crippen LogP contribution is -2.39. The van der Waals surface area contributed by atoms with Gasteiger partial charge >= 0.3 is 16.5 Å². The fourth-order valence-electron chi connectivity index (χ4n) is 2.32. The smallest absolute Gasteiger partial charge is 0.315 e. The second-order valence-corrected chi connectivity index (χ2v) is 6.90. The van der Waals surface area contributed by atoms with E-state index in [1.165, 1.54) is 0 Å². The van der Waals surface area contributed by atoms with Gasteiger partial charge in [-0.1, -0.05) is 0 Å². The van der Waals surface area contributed by atoms with Gasteiger partial charge in [-0.3, -0.25) is 9.80 Å². The number of nitrogens with one attached hydrogen (secondary N) is 2. The summed E-state index contributed by atoms with van der Waals surface area (Å²) in [5, 5.41) is 6.64. The summed E-state index contributed by atoms with van der Waals surface area (Å²) < 4.78 is 30.9. The third kappa shape index (κ3) is 12.3. The molecule has 0 aliphatic carbocycles. The van der Waals surface area contributed by atoms with E-state index in [2.05, 4.69) is 10.6 Å². The average molecular weight is 386 g/mol. The van der Waals surface area contributed by atoms with Crippen LogP contribution in [0.3, 0.4) is 0 Å². The van der Waals surface area contributed by atoms with Crippen molar-refractivity contribution < 1.29 is 28.0 Å². The maximum Gasteiger partial charge on any atom is 0.696 e. The molecule has 1 saturated heterocycles. The average Bonchev–Trinajstić information content (AvgIpc) is 2.53. The van der Waals surface area contributed by atoms with Gasteiger partial charge in [0.1, 0.15) is 0 Å². The van der Waals surface area contributed by atoms with Crippen molar-refractivity contribution in [3.63, 3.8) is 0 Å². The van der Waals surface area contributed by atoms with E-state index in [1.807, 2.05) is 9.80 Å². The first-order valence-corrected chi connectivity index (χ1v) is 10.3. The molecule has 1 fully saturated rings. The van der Waals surface area contributed by atoms with Crippen LogP contribution in [0.4, 0.5) is 0 Å². The molecule has 24 heavy (non-hydrogen) atoms. The number of hydrogen-bond acceptors (Lipinski definition) is 8. The van der Waals surface area contributed by atoms with Crippen LogP contribution >= 0.6 is 16.5 Å².